The molecule has 1 amide bonds. The van der Waals surface area contributed by atoms with Crippen LogP contribution < -0.4 is 5.32 Å². The van der Waals surface area contributed by atoms with Crippen LogP contribution in [0.3, 0.4) is 0 Å². The fourth-order valence-corrected chi connectivity index (χ4v) is 2.86. The zero-order chi connectivity index (χ0) is 18.6. The van der Waals surface area contributed by atoms with Gasteiger partial charge in [0.15, 0.2) is 0 Å². The van der Waals surface area contributed by atoms with E-state index in [9.17, 15) is 18.7 Å². The fraction of sp³-hybridized carbons (Fsp3) is 0.350. The van der Waals surface area contributed by atoms with Crippen molar-refractivity contribution in [2.45, 2.75) is 38.6 Å². The van der Waals surface area contributed by atoms with Gasteiger partial charge in [0.1, 0.15) is 17.2 Å². The summed E-state index contributed by atoms with van der Waals surface area (Å²) in [6, 6.07) is 10.3. The summed E-state index contributed by atoms with van der Waals surface area (Å²) in [6.07, 6.45) is 0.245. The molecule has 0 aliphatic rings. The van der Waals surface area contributed by atoms with Crippen molar-refractivity contribution in [3.05, 3.63) is 70.8 Å². The third kappa shape index (κ3) is 4.42. The number of aliphatic hydroxyl groups is 1. The van der Waals surface area contributed by atoms with Gasteiger partial charge >= 0.3 is 0 Å². The summed E-state index contributed by atoms with van der Waals surface area (Å²) >= 11 is 0. The number of benzene rings is 2. The quantitative estimate of drug-likeness (QED) is 0.855. The normalized spacial score (nSPS) is 12.7. The van der Waals surface area contributed by atoms with Gasteiger partial charge in [-0.25, -0.2) is 8.78 Å². The number of rotatable bonds is 5. The summed E-state index contributed by atoms with van der Waals surface area (Å²) in [5, 5.41) is 12.1. The average Bonchev–Trinajstić information content (AvgIpc) is 2.53. The van der Waals surface area contributed by atoms with Crippen LogP contribution in [-0.4, -0.2) is 17.6 Å². The molecule has 2 aromatic carbocycles. The Balaban J connectivity index is 2.39. The van der Waals surface area contributed by atoms with E-state index in [0.717, 1.165) is 23.3 Å². The summed E-state index contributed by atoms with van der Waals surface area (Å²) < 4.78 is 27.7. The van der Waals surface area contributed by atoms with Gasteiger partial charge in [0.05, 0.1) is 6.04 Å². The molecule has 0 saturated heterocycles. The summed E-state index contributed by atoms with van der Waals surface area (Å²) in [7, 11) is 0. The average molecular weight is 347 g/mol. The first-order valence-corrected chi connectivity index (χ1v) is 8.21. The lowest BCUT2D eigenvalue weighted by Crippen LogP contribution is -2.32. The number of halogens is 2. The molecule has 1 unspecified atom stereocenters. The van der Waals surface area contributed by atoms with E-state index in [1.165, 1.54) is 6.07 Å². The maximum atomic E-state index is 13.9. The molecule has 3 nitrogen and oxygen atoms in total. The number of carbonyl (C=O) groups excluding carboxylic acids is 1. The Bertz CT molecular complexity index is 733. The molecule has 0 spiro atoms. The topological polar surface area (TPSA) is 49.3 Å². The highest BCUT2D eigenvalue weighted by atomic mass is 19.1. The highest BCUT2D eigenvalue weighted by molar-refractivity contribution is 5.95. The van der Waals surface area contributed by atoms with E-state index in [2.05, 4.69) is 5.32 Å². The van der Waals surface area contributed by atoms with Crippen LogP contribution in [0.25, 0.3) is 0 Å². The summed E-state index contributed by atoms with van der Waals surface area (Å²) in [5.74, 6) is -2.66. The fourth-order valence-electron chi connectivity index (χ4n) is 2.86. The van der Waals surface area contributed by atoms with E-state index < -0.39 is 29.1 Å². The second kappa shape index (κ2) is 7.74. The van der Waals surface area contributed by atoms with Crippen LogP contribution in [0, 0.1) is 11.6 Å². The molecule has 0 bridgehead atoms. The Kier molecular flexibility index (Phi) is 5.90. The Hall–Kier alpha value is -2.27. The Morgan fingerprint density at radius 1 is 1.08 bits per heavy atom. The standard InChI is InChI=1S/C20H23F2NO2/c1-20(2,3)14-8-5-4-7-13(14)17(11-12-24)23-19(25)18-15(21)9-6-10-16(18)22/h4-10,17,24H,11-12H2,1-3H3,(H,23,25). The molecule has 2 rings (SSSR count). The van der Waals surface area contributed by atoms with Crippen molar-refractivity contribution in [2.24, 2.45) is 0 Å². The van der Waals surface area contributed by atoms with Crippen molar-refractivity contribution in [1.29, 1.82) is 0 Å². The number of aliphatic hydroxyl groups excluding tert-OH is 1. The smallest absolute Gasteiger partial charge is 0.257 e. The Morgan fingerprint density at radius 3 is 2.24 bits per heavy atom. The van der Waals surface area contributed by atoms with Gasteiger partial charge in [0.2, 0.25) is 0 Å². The number of carbonyl (C=O) groups is 1. The third-order valence-corrected chi connectivity index (χ3v) is 4.06. The molecule has 134 valence electrons. The van der Waals surface area contributed by atoms with Gasteiger partial charge in [0.25, 0.3) is 5.91 Å². The molecule has 0 aromatic heterocycles. The molecule has 0 fully saturated rings. The van der Waals surface area contributed by atoms with Crippen molar-refractivity contribution in [3.63, 3.8) is 0 Å². The predicted octanol–water partition coefficient (Wildman–Crippen LogP) is 4.12. The molecule has 0 aliphatic heterocycles. The molecular formula is C20H23F2NO2. The molecule has 0 radical (unpaired) electrons. The van der Waals surface area contributed by atoms with Gasteiger partial charge in [-0.2, -0.15) is 0 Å². The lowest BCUT2D eigenvalue weighted by Gasteiger charge is -2.28. The van der Waals surface area contributed by atoms with Gasteiger partial charge in [-0.1, -0.05) is 51.1 Å². The Labute approximate surface area is 146 Å². The van der Waals surface area contributed by atoms with Crippen molar-refractivity contribution in [3.8, 4) is 0 Å². The number of amides is 1. The lowest BCUT2D eigenvalue weighted by molar-refractivity contribution is 0.0921. The van der Waals surface area contributed by atoms with Crippen LogP contribution in [0.2, 0.25) is 0 Å². The molecule has 2 N–H and O–H groups in total. The van der Waals surface area contributed by atoms with E-state index in [0.29, 0.717) is 0 Å². The first-order valence-electron chi connectivity index (χ1n) is 8.21. The zero-order valence-electron chi connectivity index (χ0n) is 14.6. The molecule has 0 aliphatic carbocycles. The Morgan fingerprint density at radius 2 is 1.68 bits per heavy atom. The molecule has 25 heavy (non-hydrogen) atoms. The minimum Gasteiger partial charge on any atom is -0.396 e. The van der Waals surface area contributed by atoms with Crippen LogP contribution in [0.15, 0.2) is 42.5 Å². The van der Waals surface area contributed by atoms with E-state index in [1.807, 2.05) is 45.0 Å². The number of hydrogen-bond acceptors (Lipinski definition) is 2. The number of hydrogen-bond donors (Lipinski definition) is 2. The second-order valence-electron chi connectivity index (χ2n) is 6.97. The molecule has 5 heteroatoms. The minimum atomic E-state index is -0.913. The molecule has 0 saturated carbocycles. The monoisotopic (exact) mass is 347 g/mol. The van der Waals surface area contributed by atoms with Crippen LogP contribution in [-0.2, 0) is 5.41 Å². The number of nitrogens with one attached hydrogen (secondary N) is 1. The van der Waals surface area contributed by atoms with Gasteiger partial charge in [-0.05, 0) is 35.1 Å². The maximum absolute atomic E-state index is 13.9. The first-order chi connectivity index (χ1) is 11.8. The largest absolute Gasteiger partial charge is 0.396 e. The summed E-state index contributed by atoms with van der Waals surface area (Å²) in [4.78, 5) is 12.4. The van der Waals surface area contributed by atoms with Gasteiger partial charge in [-0.15, -0.1) is 0 Å². The highest BCUT2D eigenvalue weighted by Gasteiger charge is 2.25. The van der Waals surface area contributed by atoms with Gasteiger partial charge in [-0.3, -0.25) is 4.79 Å². The van der Waals surface area contributed by atoms with E-state index in [4.69, 9.17) is 0 Å². The second-order valence-corrected chi connectivity index (χ2v) is 6.97. The van der Waals surface area contributed by atoms with Crippen molar-refractivity contribution in [2.75, 3.05) is 6.61 Å². The van der Waals surface area contributed by atoms with Crippen molar-refractivity contribution in [1.82, 2.24) is 5.32 Å². The molecule has 2 aromatic rings. The lowest BCUT2D eigenvalue weighted by atomic mass is 9.81. The van der Waals surface area contributed by atoms with Gasteiger partial charge < -0.3 is 10.4 Å². The molecule has 1 atom stereocenters. The maximum Gasteiger partial charge on any atom is 0.257 e. The van der Waals surface area contributed by atoms with Crippen LogP contribution in [0.1, 0.15) is 54.7 Å². The molecule has 0 heterocycles. The minimum absolute atomic E-state index is 0.164. The molecular weight excluding hydrogens is 324 g/mol. The van der Waals surface area contributed by atoms with Crippen LogP contribution >= 0.6 is 0 Å². The third-order valence-electron chi connectivity index (χ3n) is 4.06. The van der Waals surface area contributed by atoms with Gasteiger partial charge in [0, 0.05) is 6.61 Å². The SMILES string of the molecule is CC(C)(C)c1ccccc1C(CCO)NC(=O)c1c(F)cccc1F. The van der Waals surface area contributed by atoms with Crippen LogP contribution in [0.5, 0.6) is 0 Å². The van der Waals surface area contributed by atoms with Crippen molar-refractivity contribution < 1.29 is 18.7 Å². The van der Waals surface area contributed by atoms with Crippen molar-refractivity contribution >= 4 is 5.91 Å². The van der Waals surface area contributed by atoms with E-state index in [-0.39, 0.29) is 18.4 Å². The predicted molar refractivity (Wildman–Crippen MR) is 93.4 cm³/mol. The highest BCUT2D eigenvalue weighted by Crippen LogP contribution is 2.31. The summed E-state index contributed by atoms with van der Waals surface area (Å²) in [5.41, 5.74) is 1.04. The summed E-state index contributed by atoms with van der Waals surface area (Å²) in [6.45, 7) is 5.96. The zero-order valence-corrected chi connectivity index (χ0v) is 14.6. The van der Waals surface area contributed by atoms with E-state index in [1.54, 1.807) is 0 Å². The first kappa shape index (κ1) is 19.1. The van der Waals surface area contributed by atoms with Crippen LogP contribution in [0.4, 0.5) is 8.78 Å². The van der Waals surface area contributed by atoms with E-state index >= 15 is 0 Å².